The minimum Gasteiger partial charge on any atom is -0.449 e. The number of nitrogens with zero attached hydrogens (tertiary/aromatic N) is 1. The van der Waals surface area contributed by atoms with Gasteiger partial charge in [0.05, 0.1) is 10.6 Å². The van der Waals surface area contributed by atoms with E-state index in [1.807, 2.05) is 37.3 Å². The van der Waals surface area contributed by atoms with Crippen molar-refractivity contribution >= 4 is 35.2 Å². The predicted octanol–water partition coefficient (Wildman–Crippen LogP) is 4.10. The molecule has 0 heterocycles. The molecule has 0 aliphatic rings. The van der Waals surface area contributed by atoms with E-state index in [4.69, 9.17) is 21.6 Å². The third-order valence-corrected chi connectivity index (χ3v) is 3.82. The van der Waals surface area contributed by atoms with Crippen molar-refractivity contribution in [2.45, 2.75) is 20.0 Å². The zero-order chi connectivity index (χ0) is 19.1. The van der Waals surface area contributed by atoms with E-state index in [-0.39, 0.29) is 5.02 Å². The van der Waals surface area contributed by atoms with Gasteiger partial charge in [0, 0.05) is 11.8 Å². The van der Waals surface area contributed by atoms with Gasteiger partial charge in [-0.15, -0.1) is 0 Å². The first-order chi connectivity index (χ1) is 12.4. The van der Waals surface area contributed by atoms with Crippen LogP contribution < -0.4 is 5.32 Å². The maximum Gasteiger partial charge on any atom is 0.331 e. The molecule has 0 saturated heterocycles. The van der Waals surface area contributed by atoms with Crippen LogP contribution in [0, 0.1) is 18.3 Å². The second-order valence-corrected chi connectivity index (χ2v) is 6.03. The van der Waals surface area contributed by atoms with Crippen molar-refractivity contribution in [3.63, 3.8) is 0 Å². The molecular weight excluding hydrogens is 352 g/mol. The summed E-state index contributed by atoms with van der Waals surface area (Å²) in [6, 6.07) is 14.1. The molecule has 2 rings (SSSR count). The summed E-state index contributed by atoms with van der Waals surface area (Å²) in [6.07, 6.45) is 1.90. The Morgan fingerprint density at radius 3 is 2.54 bits per heavy atom. The van der Waals surface area contributed by atoms with Crippen molar-refractivity contribution in [2.24, 2.45) is 0 Å². The maximum atomic E-state index is 12.1. The molecule has 0 radical (unpaired) electrons. The van der Waals surface area contributed by atoms with Gasteiger partial charge in [-0.3, -0.25) is 4.79 Å². The first kappa shape index (κ1) is 19.2. The number of carbonyl (C=O) groups excluding carboxylic acids is 2. The molecule has 1 amide bonds. The summed E-state index contributed by atoms with van der Waals surface area (Å²) in [5.41, 5.74) is 2.71. The Hall–Kier alpha value is -3.10. The molecule has 0 bridgehead atoms. The molecule has 0 aliphatic carbocycles. The standard InChI is InChI=1S/C20H17ClN2O3/c1-13-3-5-15(6-4-13)7-10-19(24)26-14(2)20(25)23-17-9-8-16(12-22)18(21)11-17/h3-11,14H,1-2H3,(H,23,25)/b10-7+/t14-/m1/s1. The van der Waals surface area contributed by atoms with E-state index in [0.29, 0.717) is 11.3 Å². The van der Waals surface area contributed by atoms with Gasteiger partial charge in [0.25, 0.3) is 5.91 Å². The highest BCUT2D eigenvalue weighted by Crippen LogP contribution is 2.20. The number of halogens is 1. The number of nitriles is 1. The molecule has 132 valence electrons. The van der Waals surface area contributed by atoms with Gasteiger partial charge in [0.2, 0.25) is 0 Å². The normalized spacial score (nSPS) is 11.6. The molecular formula is C20H17ClN2O3. The van der Waals surface area contributed by atoms with E-state index in [1.165, 1.54) is 25.1 Å². The smallest absolute Gasteiger partial charge is 0.331 e. The summed E-state index contributed by atoms with van der Waals surface area (Å²) in [5, 5.41) is 11.7. The van der Waals surface area contributed by atoms with Crippen molar-refractivity contribution in [3.05, 3.63) is 70.3 Å². The number of hydrogen-bond donors (Lipinski definition) is 1. The van der Waals surface area contributed by atoms with Gasteiger partial charge in [-0.2, -0.15) is 5.26 Å². The lowest BCUT2D eigenvalue weighted by Gasteiger charge is -2.12. The number of benzene rings is 2. The molecule has 1 atom stereocenters. The minimum atomic E-state index is -0.986. The summed E-state index contributed by atoms with van der Waals surface area (Å²) in [5.74, 6) is -1.12. The molecule has 0 aromatic heterocycles. The second-order valence-electron chi connectivity index (χ2n) is 5.62. The molecule has 0 fully saturated rings. The van der Waals surface area contributed by atoms with Crippen LogP contribution in [0.2, 0.25) is 5.02 Å². The molecule has 2 aromatic rings. The Morgan fingerprint density at radius 1 is 1.23 bits per heavy atom. The Morgan fingerprint density at radius 2 is 1.92 bits per heavy atom. The average molecular weight is 369 g/mol. The van der Waals surface area contributed by atoms with Crippen molar-refractivity contribution in [2.75, 3.05) is 5.32 Å². The second kappa shape index (κ2) is 8.84. The third-order valence-electron chi connectivity index (χ3n) is 3.51. The number of rotatable bonds is 5. The fraction of sp³-hybridized carbons (Fsp3) is 0.150. The number of amides is 1. The number of anilines is 1. The largest absolute Gasteiger partial charge is 0.449 e. The van der Waals surface area contributed by atoms with Crippen LogP contribution in [0.25, 0.3) is 6.08 Å². The van der Waals surface area contributed by atoms with Gasteiger partial charge in [0.1, 0.15) is 6.07 Å². The van der Waals surface area contributed by atoms with Gasteiger partial charge in [-0.1, -0.05) is 41.4 Å². The molecule has 2 aromatic carbocycles. The topological polar surface area (TPSA) is 79.2 Å². The quantitative estimate of drug-likeness (QED) is 0.636. The fourth-order valence-electron chi connectivity index (χ4n) is 2.04. The van der Waals surface area contributed by atoms with Crippen LogP contribution >= 0.6 is 11.6 Å². The average Bonchev–Trinajstić information content (AvgIpc) is 2.61. The fourth-order valence-corrected chi connectivity index (χ4v) is 2.26. The lowest BCUT2D eigenvalue weighted by Crippen LogP contribution is -2.29. The van der Waals surface area contributed by atoms with Gasteiger partial charge >= 0.3 is 5.97 Å². The van der Waals surface area contributed by atoms with E-state index in [2.05, 4.69) is 5.32 Å². The molecule has 6 heteroatoms. The van der Waals surface area contributed by atoms with Crippen LogP contribution in [-0.2, 0) is 14.3 Å². The van der Waals surface area contributed by atoms with Crippen molar-refractivity contribution in [3.8, 4) is 6.07 Å². The zero-order valence-electron chi connectivity index (χ0n) is 14.3. The van der Waals surface area contributed by atoms with E-state index in [1.54, 1.807) is 12.1 Å². The van der Waals surface area contributed by atoms with Crippen molar-refractivity contribution < 1.29 is 14.3 Å². The first-order valence-corrected chi connectivity index (χ1v) is 8.22. The predicted molar refractivity (Wildman–Crippen MR) is 101 cm³/mol. The van der Waals surface area contributed by atoms with E-state index in [0.717, 1.165) is 11.1 Å². The highest BCUT2D eigenvalue weighted by molar-refractivity contribution is 6.32. The van der Waals surface area contributed by atoms with E-state index in [9.17, 15) is 9.59 Å². The lowest BCUT2D eigenvalue weighted by molar-refractivity contribution is -0.148. The summed E-state index contributed by atoms with van der Waals surface area (Å²) < 4.78 is 5.08. The molecule has 1 N–H and O–H groups in total. The van der Waals surface area contributed by atoms with Crippen LogP contribution in [0.3, 0.4) is 0 Å². The van der Waals surface area contributed by atoms with Gasteiger partial charge in [-0.25, -0.2) is 4.79 Å². The van der Waals surface area contributed by atoms with E-state index < -0.39 is 18.0 Å². The van der Waals surface area contributed by atoms with Crippen LogP contribution in [0.5, 0.6) is 0 Å². The number of hydrogen-bond acceptors (Lipinski definition) is 4. The monoisotopic (exact) mass is 368 g/mol. The maximum absolute atomic E-state index is 12.1. The van der Waals surface area contributed by atoms with Crippen molar-refractivity contribution in [1.82, 2.24) is 0 Å². The Kier molecular flexibility index (Phi) is 6.54. The summed E-state index contributed by atoms with van der Waals surface area (Å²) in [4.78, 5) is 23.9. The molecule has 0 spiro atoms. The minimum absolute atomic E-state index is 0.232. The molecule has 0 aliphatic heterocycles. The highest BCUT2D eigenvalue weighted by atomic mass is 35.5. The number of ether oxygens (including phenoxy) is 1. The number of esters is 1. The van der Waals surface area contributed by atoms with Crippen LogP contribution in [-0.4, -0.2) is 18.0 Å². The third kappa shape index (κ3) is 5.47. The highest BCUT2D eigenvalue weighted by Gasteiger charge is 2.17. The van der Waals surface area contributed by atoms with Crippen LogP contribution in [0.1, 0.15) is 23.6 Å². The number of aryl methyl sites for hydroxylation is 1. The van der Waals surface area contributed by atoms with Crippen LogP contribution in [0.15, 0.2) is 48.5 Å². The Balaban J connectivity index is 1.91. The lowest BCUT2D eigenvalue weighted by atomic mass is 10.1. The molecule has 0 saturated carbocycles. The molecule has 5 nitrogen and oxygen atoms in total. The first-order valence-electron chi connectivity index (χ1n) is 7.85. The summed E-state index contributed by atoms with van der Waals surface area (Å²) in [7, 11) is 0. The Bertz CT molecular complexity index is 883. The van der Waals surface area contributed by atoms with Gasteiger partial charge < -0.3 is 10.1 Å². The van der Waals surface area contributed by atoms with Gasteiger partial charge in [-0.05, 0) is 43.7 Å². The number of carbonyl (C=O) groups is 2. The van der Waals surface area contributed by atoms with Crippen molar-refractivity contribution in [1.29, 1.82) is 5.26 Å². The van der Waals surface area contributed by atoms with E-state index >= 15 is 0 Å². The molecule has 0 unspecified atom stereocenters. The zero-order valence-corrected chi connectivity index (χ0v) is 15.1. The molecule has 26 heavy (non-hydrogen) atoms. The Labute approximate surface area is 156 Å². The number of nitrogens with one attached hydrogen (secondary N) is 1. The van der Waals surface area contributed by atoms with Gasteiger partial charge in [0.15, 0.2) is 6.10 Å². The summed E-state index contributed by atoms with van der Waals surface area (Å²) in [6.45, 7) is 3.45. The SMILES string of the molecule is Cc1ccc(/C=C/C(=O)O[C@H](C)C(=O)Nc2ccc(C#N)c(Cl)c2)cc1. The summed E-state index contributed by atoms with van der Waals surface area (Å²) >= 11 is 5.92. The van der Waals surface area contributed by atoms with Crippen LogP contribution in [0.4, 0.5) is 5.69 Å².